The summed E-state index contributed by atoms with van der Waals surface area (Å²) >= 11 is 0. The van der Waals surface area contributed by atoms with E-state index in [1.54, 1.807) is 0 Å². The summed E-state index contributed by atoms with van der Waals surface area (Å²) in [7, 11) is 0. The van der Waals surface area contributed by atoms with E-state index in [0.29, 0.717) is 0 Å². The van der Waals surface area contributed by atoms with E-state index in [9.17, 15) is 0 Å². The maximum Gasteiger partial charge on any atom is 0.0788 e. The molecule has 4 nitrogen and oxygen atoms in total. The Kier molecular flexibility index (Phi) is 17.1. The van der Waals surface area contributed by atoms with E-state index in [4.69, 9.17) is 0 Å². The van der Waals surface area contributed by atoms with Gasteiger partial charge in [-0.1, -0.05) is 364 Å². The minimum atomic E-state index is 0.0824. The molecule has 2 unspecified atom stereocenters. The van der Waals surface area contributed by atoms with Crippen LogP contribution in [0.2, 0.25) is 0 Å². The molecule has 26 rings (SSSR count). The molecule has 20 aromatic carbocycles. The molecule has 0 radical (unpaired) electrons. The predicted molar refractivity (Wildman–Crippen MR) is 529 cm³/mol. The number of nitrogens with zero attached hydrogens (tertiary/aromatic N) is 4. The van der Waals surface area contributed by atoms with Crippen molar-refractivity contribution in [3.05, 3.63) is 507 Å². The average molecular weight is 1600 g/mol. The first-order valence-corrected chi connectivity index (χ1v) is 43.7. The van der Waals surface area contributed by atoms with Gasteiger partial charge < -0.3 is 18.3 Å². The van der Waals surface area contributed by atoms with Crippen molar-refractivity contribution in [1.29, 1.82) is 0 Å². The van der Waals surface area contributed by atoms with Crippen molar-refractivity contribution in [1.82, 2.24) is 18.3 Å². The molecule has 4 aromatic heterocycles. The Morgan fingerprint density at radius 3 is 1.03 bits per heavy atom. The van der Waals surface area contributed by atoms with Gasteiger partial charge in [-0.05, 0) is 232 Å². The fourth-order valence-corrected chi connectivity index (χ4v) is 21.1. The van der Waals surface area contributed by atoms with E-state index < -0.39 is 0 Å². The van der Waals surface area contributed by atoms with Gasteiger partial charge in [0.1, 0.15) is 0 Å². The van der Waals surface area contributed by atoms with Crippen LogP contribution in [0, 0.1) is 0 Å². The minimum Gasteiger partial charge on any atom is -0.309 e. The Morgan fingerprint density at radius 1 is 0.151 bits per heavy atom. The first kappa shape index (κ1) is 72.4. The van der Waals surface area contributed by atoms with Gasteiger partial charge in [-0.25, -0.2) is 0 Å². The lowest BCUT2D eigenvalue weighted by molar-refractivity contribution is 0.995. The first-order chi connectivity index (χ1) is 62.5. The molecule has 0 saturated heterocycles. The molecular formula is C122H80N4. The molecule has 0 fully saturated rings. The van der Waals surface area contributed by atoms with Crippen LogP contribution in [0.4, 0.5) is 0 Å². The monoisotopic (exact) mass is 1600 g/mol. The van der Waals surface area contributed by atoms with Crippen molar-refractivity contribution in [3.8, 4) is 112 Å². The van der Waals surface area contributed by atoms with Crippen molar-refractivity contribution in [3.63, 3.8) is 0 Å². The summed E-state index contributed by atoms with van der Waals surface area (Å²) in [6.07, 6.45) is 0. The normalized spacial score (nSPS) is 13.2. The molecule has 2 aliphatic rings. The third-order valence-electron chi connectivity index (χ3n) is 26.8. The minimum absolute atomic E-state index is 0.0824. The molecule has 0 saturated carbocycles. The molecule has 588 valence electrons. The number of hydrogen-bond donors (Lipinski definition) is 0. The van der Waals surface area contributed by atoms with E-state index in [2.05, 4.69) is 491 Å². The number of fused-ring (bicyclic) bond motifs is 20. The van der Waals surface area contributed by atoms with Gasteiger partial charge in [0, 0.05) is 77.7 Å². The first-order valence-electron chi connectivity index (χ1n) is 43.7. The van der Waals surface area contributed by atoms with Crippen molar-refractivity contribution in [2.45, 2.75) is 11.8 Å². The highest BCUT2D eigenvalue weighted by atomic mass is 15.0. The summed E-state index contributed by atoms with van der Waals surface area (Å²) in [5.41, 5.74) is 42.4. The molecule has 2 aliphatic carbocycles. The Hall–Kier alpha value is -16.4. The van der Waals surface area contributed by atoms with Crippen molar-refractivity contribution in [2.75, 3.05) is 0 Å². The van der Waals surface area contributed by atoms with E-state index in [1.165, 1.54) is 210 Å². The second kappa shape index (κ2) is 29.7. The third kappa shape index (κ3) is 11.8. The fourth-order valence-electron chi connectivity index (χ4n) is 21.1. The number of aromatic nitrogens is 4. The Balaban J connectivity index is 0.000000137. The van der Waals surface area contributed by atoms with Crippen LogP contribution in [0.15, 0.2) is 473 Å². The fraction of sp³-hybridized carbons (Fsp3) is 0.0164. The summed E-state index contributed by atoms with van der Waals surface area (Å²) in [6.45, 7) is 0. The molecule has 4 heterocycles. The maximum atomic E-state index is 2.50. The van der Waals surface area contributed by atoms with Gasteiger partial charge >= 0.3 is 0 Å². The molecule has 24 aromatic rings. The summed E-state index contributed by atoms with van der Waals surface area (Å²) in [5, 5.41) is 9.93. The summed E-state index contributed by atoms with van der Waals surface area (Å²) in [4.78, 5) is 0. The van der Waals surface area contributed by atoms with E-state index >= 15 is 0 Å². The highest BCUT2D eigenvalue weighted by Crippen LogP contribution is 2.59. The smallest absolute Gasteiger partial charge is 0.0788 e. The zero-order valence-electron chi connectivity index (χ0n) is 69.0. The van der Waals surface area contributed by atoms with Crippen LogP contribution in [-0.2, 0) is 0 Å². The highest BCUT2D eigenvalue weighted by Gasteiger charge is 2.40. The van der Waals surface area contributed by atoms with Crippen LogP contribution in [0.1, 0.15) is 45.2 Å². The predicted octanol–water partition coefficient (Wildman–Crippen LogP) is 32.1. The molecule has 0 N–H and O–H groups in total. The zero-order valence-corrected chi connectivity index (χ0v) is 69.0. The molecule has 0 spiro atoms. The number of rotatable bonds is 12. The van der Waals surface area contributed by atoms with Gasteiger partial charge in [0.15, 0.2) is 0 Å². The molecule has 0 bridgehead atoms. The maximum absolute atomic E-state index is 2.50. The van der Waals surface area contributed by atoms with Crippen LogP contribution >= 0.6 is 0 Å². The lowest BCUT2D eigenvalue weighted by Crippen LogP contribution is -2.03. The van der Waals surface area contributed by atoms with Gasteiger partial charge in [0.25, 0.3) is 0 Å². The zero-order chi connectivity index (χ0) is 82.9. The van der Waals surface area contributed by atoms with Crippen LogP contribution < -0.4 is 0 Å². The summed E-state index contributed by atoms with van der Waals surface area (Å²) in [6, 6.07) is 174. The lowest BCUT2D eigenvalue weighted by atomic mass is 9.83. The van der Waals surface area contributed by atoms with Crippen LogP contribution in [-0.4, -0.2) is 18.3 Å². The van der Waals surface area contributed by atoms with Crippen molar-refractivity contribution >= 4 is 87.2 Å². The number of benzene rings is 20. The second-order valence-electron chi connectivity index (χ2n) is 33.7. The Labute approximate surface area is 730 Å². The van der Waals surface area contributed by atoms with E-state index in [-0.39, 0.29) is 11.8 Å². The highest BCUT2D eigenvalue weighted by molar-refractivity contribution is 6.24. The van der Waals surface area contributed by atoms with Gasteiger partial charge in [-0.15, -0.1) is 0 Å². The van der Waals surface area contributed by atoms with Gasteiger partial charge in [-0.2, -0.15) is 0 Å². The second-order valence-corrected chi connectivity index (χ2v) is 33.7. The Bertz CT molecular complexity index is 8410. The quantitative estimate of drug-likeness (QED) is 0.116. The Morgan fingerprint density at radius 2 is 0.484 bits per heavy atom. The van der Waals surface area contributed by atoms with Gasteiger partial charge in [0.2, 0.25) is 0 Å². The van der Waals surface area contributed by atoms with E-state index in [1.807, 2.05) is 0 Å². The SMILES string of the molecule is c1ccc(-c2ccc(-n3c4ccccc4c4cc(-c5ccc6c(c5)-c5ccc7c(c5C6c5cccc(-c6ccccc6)c5)-c5ccccc5C7c5ccccc5)ccc43)cc2)cc1.c1ccc(-c2ccc(-n3c4ccccc4c4cc(-c5ccc6c(c5)c5ccc7c8ccccc8n(-c8ccccc8)c7c5n6-c5cccc(-c6ccccc6)c5)ccc43)cc2)cc1. The van der Waals surface area contributed by atoms with Gasteiger partial charge in [-0.3, -0.25) is 0 Å². The van der Waals surface area contributed by atoms with E-state index in [0.717, 1.165) is 22.7 Å². The summed E-state index contributed by atoms with van der Waals surface area (Å²) < 4.78 is 9.78. The van der Waals surface area contributed by atoms with Gasteiger partial charge in [0.05, 0.1) is 44.1 Å². The molecule has 0 amide bonds. The molecule has 2 atom stereocenters. The molecule has 126 heavy (non-hydrogen) atoms. The third-order valence-corrected chi connectivity index (χ3v) is 26.8. The largest absolute Gasteiger partial charge is 0.309 e. The molecule has 4 heteroatoms. The molecule has 0 aliphatic heterocycles. The standard InChI is InChI=1S/C62H41N.C60H39N3/c1-4-15-40(16-5-1)42-27-31-48(32-28-42)63-57-26-13-12-23-49(57)56-39-46(30-36-58(56)63)45-29-33-52-55(38-45)53-34-35-54-59(43-19-8-3-9-20-43)50-24-10-11-25-51(50)61(54)62(53)60(52)47-22-14-21-44(37-47)41-17-6-2-7-18-41;1-4-15-40(16-5-1)42-27-31-47(32-28-42)61-55-25-12-11-24-50(55)53-38-44(29-35-57(53)61)45-30-36-58-54(39-45)52-34-33-51-49-23-10-13-26-56(49)62(46-20-8-3-9-21-46)59(51)60(52)63(58)48-22-14-19-43(37-48)41-17-6-2-7-18-41/h1-39,59-60H;1-39H. The lowest BCUT2D eigenvalue weighted by Gasteiger charge is -2.20. The van der Waals surface area contributed by atoms with Crippen molar-refractivity contribution < 1.29 is 0 Å². The van der Waals surface area contributed by atoms with Crippen LogP contribution in [0.3, 0.4) is 0 Å². The number of hydrogen-bond acceptors (Lipinski definition) is 0. The number of para-hydroxylation sites is 4. The van der Waals surface area contributed by atoms with Crippen molar-refractivity contribution in [2.24, 2.45) is 0 Å². The topological polar surface area (TPSA) is 19.7 Å². The van der Waals surface area contributed by atoms with Crippen LogP contribution in [0.5, 0.6) is 0 Å². The van der Waals surface area contributed by atoms with Crippen LogP contribution in [0.25, 0.3) is 199 Å². The average Bonchev–Trinajstić information content (AvgIpc) is 1.54. The summed E-state index contributed by atoms with van der Waals surface area (Å²) in [5.74, 6) is 0.271. The molecular weight excluding hydrogens is 1520 g/mol.